The highest BCUT2D eigenvalue weighted by atomic mass is 19.1. The highest BCUT2D eigenvalue weighted by molar-refractivity contribution is 6.03. The number of ether oxygens (including phenoxy) is 5. The number of aromatic nitrogens is 6. The average molecular weight is 828 g/mol. The van der Waals surface area contributed by atoms with Crippen LogP contribution in [0.5, 0.6) is 17.6 Å². The van der Waals surface area contributed by atoms with Gasteiger partial charge in [0, 0.05) is 38.0 Å². The Hall–Kier alpha value is -5.42. The van der Waals surface area contributed by atoms with Gasteiger partial charge in [0.25, 0.3) is 0 Å². The van der Waals surface area contributed by atoms with E-state index in [-0.39, 0.29) is 60.7 Å². The first-order chi connectivity index (χ1) is 28.9. The summed E-state index contributed by atoms with van der Waals surface area (Å²) in [6.45, 7) is 11.9. The van der Waals surface area contributed by atoms with E-state index in [1.165, 1.54) is 13.2 Å². The van der Waals surface area contributed by atoms with Crippen LogP contribution in [0.2, 0.25) is 0 Å². The Morgan fingerprint density at radius 1 is 1.05 bits per heavy atom. The van der Waals surface area contributed by atoms with Crippen LogP contribution < -0.4 is 19.1 Å². The Bertz CT molecular complexity index is 2430. The van der Waals surface area contributed by atoms with Gasteiger partial charge in [-0.15, -0.1) is 5.10 Å². The number of aryl methyl sites for hydroxylation is 1. The van der Waals surface area contributed by atoms with Gasteiger partial charge in [0.15, 0.2) is 12.6 Å². The number of carbonyl (C=O) groups excluding carboxylic acids is 1. The summed E-state index contributed by atoms with van der Waals surface area (Å²) in [5.74, 6) is -0.278. The number of nitrogens with zero attached hydrogens (tertiary/aromatic N) is 9. The molecular weight excluding hydrogens is 777 g/mol. The first-order valence-corrected chi connectivity index (χ1v) is 20.7. The molecule has 60 heavy (non-hydrogen) atoms. The van der Waals surface area contributed by atoms with Crippen molar-refractivity contribution >= 4 is 33.6 Å². The van der Waals surface area contributed by atoms with Gasteiger partial charge >= 0.3 is 12.1 Å². The third-order valence-electron chi connectivity index (χ3n) is 12.4. The number of piperazine rings is 1. The first kappa shape index (κ1) is 40.0. The Morgan fingerprint density at radius 2 is 1.90 bits per heavy atom. The van der Waals surface area contributed by atoms with Crippen molar-refractivity contribution < 1.29 is 37.3 Å². The lowest BCUT2D eigenvalue weighted by atomic mass is 9.95. The van der Waals surface area contributed by atoms with Crippen LogP contribution in [0.15, 0.2) is 36.7 Å². The summed E-state index contributed by atoms with van der Waals surface area (Å²) in [5, 5.41) is 9.58. The van der Waals surface area contributed by atoms with Gasteiger partial charge in [0.2, 0.25) is 5.88 Å². The second-order valence-electron chi connectivity index (χ2n) is 17.4. The fourth-order valence-corrected chi connectivity index (χ4v) is 9.62. The standard InChI is InChI=1S/C43H51F2N9O6/c1-7-27-20-52-29(21-53(27)41(55)60-42(3,4)5)22-57-39-34-37(35(45)36(47-39)31-18-30(59-24-56-6)17-26-9-10-32(44)25(2)33(26)31)48-40(49-38(34)52)58-23-43-12-8-15-54(43)28(11-13-43)19-51-16-14-46-50-51/h9-10,14,16-18,27-29H,7-8,11-13,15,19-24H2,1-6H3/t27-,28+,29+,43+/m1/s1. The molecule has 4 aliphatic rings. The summed E-state index contributed by atoms with van der Waals surface area (Å²) in [6.07, 6.45) is 7.65. The van der Waals surface area contributed by atoms with E-state index in [0.717, 1.165) is 38.8 Å². The van der Waals surface area contributed by atoms with Gasteiger partial charge in [-0.2, -0.15) is 9.97 Å². The van der Waals surface area contributed by atoms with Crippen molar-refractivity contribution in [3.8, 4) is 28.9 Å². The van der Waals surface area contributed by atoms with Gasteiger partial charge in [0.1, 0.15) is 52.8 Å². The number of benzene rings is 2. The van der Waals surface area contributed by atoms with E-state index in [9.17, 15) is 4.79 Å². The van der Waals surface area contributed by atoms with Crippen LogP contribution >= 0.6 is 0 Å². The van der Waals surface area contributed by atoms with Gasteiger partial charge in [-0.1, -0.05) is 18.2 Å². The highest BCUT2D eigenvalue weighted by Crippen LogP contribution is 2.46. The zero-order valence-corrected chi connectivity index (χ0v) is 34.9. The topological polar surface area (TPSA) is 142 Å². The molecule has 5 aromatic rings. The molecule has 4 aliphatic heterocycles. The predicted octanol–water partition coefficient (Wildman–Crippen LogP) is 6.68. The molecule has 0 N–H and O–H groups in total. The van der Waals surface area contributed by atoms with Crippen molar-refractivity contribution in [1.29, 1.82) is 0 Å². The zero-order valence-electron chi connectivity index (χ0n) is 34.9. The lowest BCUT2D eigenvalue weighted by molar-refractivity contribution is 0.00832. The van der Waals surface area contributed by atoms with E-state index in [2.05, 4.69) is 20.1 Å². The molecule has 0 unspecified atom stereocenters. The van der Waals surface area contributed by atoms with Crippen LogP contribution in [0.1, 0.15) is 65.4 Å². The van der Waals surface area contributed by atoms with Gasteiger partial charge < -0.3 is 33.5 Å². The predicted molar refractivity (Wildman–Crippen MR) is 218 cm³/mol. The lowest BCUT2D eigenvalue weighted by Gasteiger charge is -2.45. The van der Waals surface area contributed by atoms with Gasteiger partial charge in [-0.25, -0.2) is 18.6 Å². The SMILES string of the molecule is CC[C@@H]1CN2c3nc(OC[C@@]45CCCN4[C@H](Cn4ccnn4)CC5)nc4c(F)c(-c5cc(OCOC)cc6ccc(F)c(C)c56)nc(c34)OC[C@@H]2CN1C(=O)OC(C)(C)C. The van der Waals surface area contributed by atoms with Crippen LogP contribution in [0.25, 0.3) is 32.9 Å². The van der Waals surface area contributed by atoms with E-state index >= 15 is 8.78 Å². The molecule has 9 rings (SSSR count). The molecule has 0 spiro atoms. The molecule has 0 saturated carbocycles. The number of amides is 1. The first-order valence-electron chi connectivity index (χ1n) is 20.7. The second-order valence-corrected chi connectivity index (χ2v) is 17.4. The number of hydrogen-bond donors (Lipinski definition) is 0. The number of carbonyl (C=O) groups is 1. The maximum atomic E-state index is 17.7. The van der Waals surface area contributed by atoms with Gasteiger partial charge in [-0.3, -0.25) is 9.58 Å². The van der Waals surface area contributed by atoms with Crippen molar-refractivity contribution in [3.05, 3.63) is 53.9 Å². The number of hydrogen-bond acceptors (Lipinski definition) is 13. The van der Waals surface area contributed by atoms with Crippen LogP contribution in [0.3, 0.4) is 0 Å². The molecule has 318 valence electrons. The van der Waals surface area contributed by atoms with Crippen molar-refractivity contribution in [2.75, 3.05) is 51.7 Å². The molecular formula is C43H51F2N9O6. The largest absolute Gasteiger partial charge is 0.475 e. The summed E-state index contributed by atoms with van der Waals surface area (Å²) in [6, 6.07) is 6.04. The quantitative estimate of drug-likeness (QED) is 0.138. The van der Waals surface area contributed by atoms with Crippen LogP contribution in [-0.4, -0.2) is 122 Å². The number of pyridine rings is 1. The molecule has 4 atom stereocenters. The summed E-state index contributed by atoms with van der Waals surface area (Å²) in [4.78, 5) is 34.6. The Balaban J connectivity index is 1.16. The number of anilines is 1. The fourth-order valence-electron chi connectivity index (χ4n) is 9.62. The number of rotatable bonds is 10. The molecule has 0 aliphatic carbocycles. The third kappa shape index (κ3) is 7.18. The summed E-state index contributed by atoms with van der Waals surface area (Å²) in [7, 11) is 1.51. The normalized spacial score (nSPS) is 22.8. The Labute approximate surface area is 346 Å². The Morgan fingerprint density at radius 3 is 2.67 bits per heavy atom. The van der Waals surface area contributed by atoms with Crippen LogP contribution in [0.4, 0.5) is 19.4 Å². The molecule has 1 amide bonds. The maximum Gasteiger partial charge on any atom is 0.410 e. The fraction of sp³-hybridized carbons (Fsp3) is 0.535. The molecule has 2 aromatic carbocycles. The lowest BCUT2D eigenvalue weighted by Crippen LogP contribution is -2.62. The number of halogens is 2. The van der Waals surface area contributed by atoms with E-state index in [4.69, 9.17) is 38.6 Å². The van der Waals surface area contributed by atoms with Crippen molar-refractivity contribution in [2.45, 2.75) is 103 Å². The monoisotopic (exact) mass is 827 g/mol. The molecule has 17 heteroatoms. The van der Waals surface area contributed by atoms with E-state index in [1.807, 2.05) is 38.6 Å². The van der Waals surface area contributed by atoms with Crippen molar-refractivity contribution in [1.82, 2.24) is 39.7 Å². The van der Waals surface area contributed by atoms with Gasteiger partial charge in [0.05, 0.1) is 30.4 Å². The van der Waals surface area contributed by atoms with Gasteiger partial charge in [-0.05, 0) is 101 Å². The maximum absolute atomic E-state index is 17.7. The smallest absolute Gasteiger partial charge is 0.410 e. The van der Waals surface area contributed by atoms with Crippen LogP contribution in [-0.2, 0) is 16.0 Å². The third-order valence-corrected chi connectivity index (χ3v) is 12.4. The highest BCUT2D eigenvalue weighted by Gasteiger charge is 2.50. The molecule has 0 bridgehead atoms. The molecule has 0 radical (unpaired) electrons. The van der Waals surface area contributed by atoms with Crippen molar-refractivity contribution in [3.63, 3.8) is 0 Å². The summed E-state index contributed by atoms with van der Waals surface area (Å²) >= 11 is 0. The minimum absolute atomic E-state index is 0.0213. The molecule has 3 fully saturated rings. The van der Waals surface area contributed by atoms with Crippen LogP contribution in [0, 0.1) is 18.6 Å². The summed E-state index contributed by atoms with van der Waals surface area (Å²) in [5.41, 5.74) is -0.445. The molecule has 15 nitrogen and oxygen atoms in total. The van der Waals surface area contributed by atoms with E-state index in [1.54, 1.807) is 36.2 Å². The number of methoxy groups -OCH3 is 1. The van der Waals surface area contributed by atoms with E-state index < -0.39 is 29.4 Å². The molecule has 3 aromatic heterocycles. The average Bonchev–Trinajstić information content (AvgIpc) is 3.95. The molecule has 7 heterocycles. The van der Waals surface area contributed by atoms with Crippen molar-refractivity contribution in [2.24, 2.45) is 0 Å². The number of fused-ring (bicyclic) bond motifs is 4. The zero-order chi connectivity index (χ0) is 41.9. The minimum atomic E-state index is -0.744. The van der Waals surface area contributed by atoms with E-state index in [0.29, 0.717) is 58.4 Å². The molecule has 3 saturated heterocycles. The second kappa shape index (κ2) is 15.6. The minimum Gasteiger partial charge on any atom is -0.475 e. The summed E-state index contributed by atoms with van der Waals surface area (Å²) < 4.78 is 64.8. The Kier molecular flexibility index (Phi) is 10.4.